The Morgan fingerprint density at radius 2 is 0.714 bits per heavy atom. The molecule has 0 saturated heterocycles. The van der Waals surface area contributed by atoms with Crippen LogP contribution in [0.2, 0.25) is 36.3 Å². The molecule has 0 aliphatic rings. The van der Waals surface area contributed by atoms with Crippen molar-refractivity contribution < 1.29 is 26.3 Å². The van der Waals surface area contributed by atoms with Crippen molar-refractivity contribution in [3.05, 3.63) is 133 Å². The van der Waals surface area contributed by atoms with Gasteiger partial charge in [0.25, 0.3) is 0 Å². The van der Waals surface area contributed by atoms with E-state index >= 15 is 0 Å². The molecule has 0 aromatic heterocycles. The van der Waals surface area contributed by atoms with Crippen molar-refractivity contribution in [1.29, 1.82) is 0 Å². The number of halogens is 6. The standard InChI is InChI=1S/C57H77F6NP2S2Si2/c1-7-13-40-69(41-14-8-2,42-15-9-3)50-36-32-48(33-37-50)65(49-34-38-51(39-35-49)70(43-16-10-4,44-17-11-5)45-18-12-6)64(46-47-26-20-19-21-27-47)66(52-28-22-24-30-54(52)67-56(58,59)60)53-29-23-25-31-55(53)68-57(61,62)63/h19-39H,7-18,40-46H2,1-6H3. The maximum Gasteiger partial charge on any atom is 0.446 e. The number of thioether (sulfide) groups is 2. The summed E-state index contributed by atoms with van der Waals surface area (Å²) >= 11 is -0.358. The fourth-order valence-corrected chi connectivity index (χ4v) is 29.2. The average molecular weight is 1070 g/mol. The van der Waals surface area contributed by atoms with Gasteiger partial charge in [-0.05, 0) is 51.8 Å². The van der Waals surface area contributed by atoms with Crippen LogP contribution in [-0.2, 0) is 6.54 Å². The summed E-state index contributed by atoms with van der Waals surface area (Å²) < 4.78 is 90.4. The summed E-state index contributed by atoms with van der Waals surface area (Å²) in [5.74, 6) is 0. The van der Waals surface area contributed by atoms with Gasteiger partial charge < -0.3 is 0 Å². The van der Waals surface area contributed by atoms with E-state index in [1.54, 1.807) is 36.4 Å². The van der Waals surface area contributed by atoms with Gasteiger partial charge in [0.1, 0.15) is 0 Å². The normalized spacial score (nSPS) is 12.7. The summed E-state index contributed by atoms with van der Waals surface area (Å²) in [6, 6.07) is 49.1. The Labute approximate surface area is 430 Å². The number of hydrogen-bond donors (Lipinski definition) is 0. The van der Waals surface area contributed by atoms with E-state index in [0.29, 0.717) is 17.2 Å². The highest BCUT2D eigenvalue weighted by molar-refractivity contribution is 8.01. The van der Waals surface area contributed by atoms with Crippen molar-refractivity contribution in [3.8, 4) is 0 Å². The predicted octanol–water partition coefficient (Wildman–Crippen LogP) is 17.9. The summed E-state index contributed by atoms with van der Waals surface area (Å²) in [7, 11) is -7.46. The number of benzene rings is 5. The minimum atomic E-state index is -4.62. The third kappa shape index (κ3) is 16.8. The van der Waals surface area contributed by atoms with Gasteiger partial charge >= 0.3 is 11.0 Å². The van der Waals surface area contributed by atoms with E-state index in [2.05, 4.69) is 94.5 Å². The Balaban J connectivity index is 1.89. The molecular formula is C57H77F6NP2S2Si2. The number of unbranched alkanes of at least 4 members (excludes halogenated alkanes) is 6. The van der Waals surface area contributed by atoms with E-state index in [-0.39, 0.29) is 33.3 Å². The van der Waals surface area contributed by atoms with E-state index < -0.39 is 43.3 Å². The molecule has 0 saturated carbocycles. The highest BCUT2D eigenvalue weighted by atomic mass is 32.2. The fraction of sp³-hybridized carbons (Fsp3) is 0.474. The van der Waals surface area contributed by atoms with Crippen molar-refractivity contribution >= 4 is 87.4 Å². The summed E-state index contributed by atoms with van der Waals surface area (Å²) in [6.07, 6.45) is 14.0. The molecule has 5 aromatic rings. The van der Waals surface area contributed by atoms with Gasteiger partial charge in [0, 0.05) is 43.1 Å². The van der Waals surface area contributed by atoms with Gasteiger partial charge in [-0.25, -0.2) is 4.44 Å². The minimum absolute atomic E-state index is 0.00347. The smallest absolute Gasteiger partial charge is 0.240 e. The molecule has 0 unspecified atom stereocenters. The van der Waals surface area contributed by atoms with Crippen LogP contribution in [0, 0.1) is 0 Å². The Morgan fingerprint density at radius 3 is 1.03 bits per heavy atom. The third-order valence-corrected chi connectivity index (χ3v) is 32.2. The molecule has 0 aliphatic heterocycles. The largest absolute Gasteiger partial charge is 0.446 e. The topological polar surface area (TPSA) is 3.24 Å². The Hall–Kier alpha value is -2.37. The number of nitrogens with zero attached hydrogens (tertiary/aromatic N) is 1. The van der Waals surface area contributed by atoms with E-state index in [0.717, 1.165) is 54.7 Å². The molecule has 0 spiro atoms. The van der Waals surface area contributed by atoms with Crippen molar-refractivity contribution in [2.75, 3.05) is 0 Å². The second-order valence-corrected chi connectivity index (χ2v) is 35.0. The lowest BCUT2D eigenvalue weighted by Gasteiger charge is -2.41. The highest BCUT2D eigenvalue weighted by Crippen LogP contribution is 2.58. The van der Waals surface area contributed by atoms with Gasteiger partial charge in [-0.1, -0.05) is 280 Å². The van der Waals surface area contributed by atoms with Crippen LogP contribution in [0.3, 0.4) is 0 Å². The fourth-order valence-electron chi connectivity index (χ4n) is 10.1. The summed E-state index contributed by atoms with van der Waals surface area (Å²) in [4.78, 5) is 0.00693. The van der Waals surface area contributed by atoms with Gasteiger partial charge in [-0.15, -0.1) is 0 Å². The first-order chi connectivity index (χ1) is 33.7. The van der Waals surface area contributed by atoms with Crippen molar-refractivity contribution in [2.45, 2.75) is 182 Å². The molecule has 382 valence electrons. The predicted molar refractivity (Wildman–Crippen MR) is 303 cm³/mol. The van der Waals surface area contributed by atoms with Gasteiger partial charge in [0.05, 0.1) is 16.1 Å². The zero-order valence-corrected chi connectivity index (χ0v) is 47.9. The zero-order valence-electron chi connectivity index (χ0n) is 42.5. The summed E-state index contributed by atoms with van der Waals surface area (Å²) in [5.41, 5.74) is -8.30. The lowest BCUT2D eigenvalue weighted by atomic mass is 10.2. The van der Waals surface area contributed by atoms with Crippen LogP contribution in [0.4, 0.5) is 26.3 Å². The molecule has 0 bridgehead atoms. The van der Waals surface area contributed by atoms with Crippen LogP contribution in [0.15, 0.2) is 137 Å². The van der Waals surface area contributed by atoms with Crippen LogP contribution >= 0.6 is 39.7 Å². The number of hydrogen-bond acceptors (Lipinski definition) is 3. The molecule has 0 amide bonds. The van der Waals surface area contributed by atoms with Crippen molar-refractivity contribution in [2.24, 2.45) is 0 Å². The summed E-state index contributed by atoms with van der Waals surface area (Å²) in [5, 5.41) is 5.81. The molecular weight excluding hydrogens is 995 g/mol. The van der Waals surface area contributed by atoms with Gasteiger partial charge in [0.15, 0.2) is 0 Å². The van der Waals surface area contributed by atoms with Gasteiger partial charge in [-0.2, -0.15) is 26.3 Å². The second kappa shape index (κ2) is 28.9. The zero-order chi connectivity index (χ0) is 50.6. The van der Waals surface area contributed by atoms with E-state index in [4.69, 9.17) is 0 Å². The molecule has 5 rings (SSSR count). The Bertz CT molecular complexity index is 2080. The average Bonchev–Trinajstić information content (AvgIpc) is 3.35. The van der Waals surface area contributed by atoms with Crippen LogP contribution < -0.4 is 31.6 Å². The van der Waals surface area contributed by atoms with Crippen LogP contribution in [0.25, 0.3) is 0 Å². The molecule has 0 aliphatic carbocycles. The number of rotatable bonds is 30. The molecule has 1 nitrogen and oxygen atoms in total. The van der Waals surface area contributed by atoms with Gasteiger partial charge in [-0.3, -0.25) is 0 Å². The number of alkyl halides is 6. The molecule has 5 aromatic carbocycles. The first-order valence-electron chi connectivity index (χ1n) is 26.0. The maximum absolute atomic E-state index is 14.7. The van der Waals surface area contributed by atoms with Gasteiger partial charge in [0.2, 0.25) is 0 Å². The maximum atomic E-state index is 14.7. The van der Waals surface area contributed by atoms with Crippen molar-refractivity contribution in [1.82, 2.24) is 4.44 Å². The third-order valence-electron chi connectivity index (χ3n) is 13.8. The highest BCUT2D eigenvalue weighted by Gasteiger charge is 2.41. The van der Waals surface area contributed by atoms with Crippen LogP contribution in [0.5, 0.6) is 0 Å². The molecule has 0 atom stereocenters. The van der Waals surface area contributed by atoms with E-state index in [1.165, 1.54) is 97.3 Å². The monoisotopic (exact) mass is 1070 g/mol. The lowest BCUT2D eigenvalue weighted by Crippen LogP contribution is -2.48. The summed E-state index contributed by atoms with van der Waals surface area (Å²) in [6.45, 7) is 14.0. The lowest BCUT2D eigenvalue weighted by molar-refractivity contribution is -0.0336. The Morgan fingerprint density at radius 1 is 0.400 bits per heavy atom. The van der Waals surface area contributed by atoms with Crippen LogP contribution in [0.1, 0.15) is 124 Å². The van der Waals surface area contributed by atoms with Crippen molar-refractivity contribution in [3.63, 3.8) is 0 Å². The quantitative estimate of drug-likeness (QED) is 0.0195. The molecule has 0 fully saturated rings. The van der Waals surface area contributed by atoms with E-state index in [9.17, 15) is 26.3 Å². The van der Waals surface area contributed by atoms with E-state index in [1.807, 2.05) is 30.3 Å². The molecule has 0 heterocycles. The molecule has 13 heteroatoms. The first-order valence-corrected chi connectivity index (χ1v) is 35.5. The molecule has 70 heavy (non-hydrogen) atoms. The molecule has 0 N–H and O–H groups in total. The second-order valence-electron chi connectivity index (χ2n) is 18.9. The SMILES string of the molecule is CCCC[Si](CCCC)(CCCC)c1ccc(P(c2ccc([Si](CCCC)(CCCC)CCCC)cc2)N(Cc2ccccc2)P(c2ccccc2SC(F)(F)F)c2ccccc2SC(F)(F)F)cc1. The Kier molecular flexibility index (Phi) is 24.2. The molecule has 0 radical (unpaired) electrons. The van der Waals surface area contributed by atoms with Crippen LogP contribution in [-0.4, -0.2) is 31.6 Å². The first kappa shape index (κ1) is 58.5. The minimum Gasteiger partial charge on any atom is -0.240 e.